The summed E-state index contributed by atoms with van der Waals surface area (Å²) in [5.74, 6) is 0. The Hall–Kier alpha value is -8.20. The number of para-hydroxylation sites is 3. The van der Waals surface area contributed by atoms with Crippen molar-refractivity contribution in [3.8, 4) is 44.5 Å². The first-order valence-corrected chi connectivity index (χ1v) is 21.2. The molecule has 12 aromatic rings. The smallest absolute Gasteiger partial charge is 0.143 e. The molecule has 62 heavy (non-hydrogen) atoms. The van der Waals surface area contributed by atoms with Gasteiger partial charge in [0.1, 0.15) is 11.2 Å². The SMILES string of the molecule is c1ccc(-c2ccc(-c3cc4ccccc4c4ccccc34)cc2N(c2ccc(-c3ccc4ccccc4c3)cc2)c2ccccc2-c2cccc3c2oc2ccccc23)cc1. The van der Waals surface area contributed by atoms with Gasteiger partial charge in [-0.3, -0.25) is 0 Å². The Morgan fingerprint density at radius 1 is 0.274 bits per heavy atom. The molecule has 0 aliphatic rings. The standard InChI is InChI=1S/C60H39NO/c1-2-16-42(17-3-1)49-36-33-46(56-38-45-19-6-7-20-48(45)50-21-8-9-22-51(50)56)39-58(49)61(47-34-31-41(32-35-47)44-30-29-40-15-4-5-18-43(40)37-44)57-27-12-10-23-52(57)54-25-14-26-55-53-24-11-13-28-59(53)62-60(54)55/h1-39H. The normalized spacial score (nSPS) is 11.5. The number of furan rings is 1. The summed E-state index contributed by atoms with van der Waals surface area (Å²) < 4.78 is 6.71. The minimum atomic E-state index is 0.882. The first-order chi connectivity index (χ1) is 30.7. The number of hydrogen-bond acceptors (Lipinski definition) is 2. The number of hydrogen-bond donors (Lipinski definition) is 0. The van der Waals surface area contributed by atoms with E-state index in [1.807, 2.05) is 6.07 Å². The zero-order chi connectivity index (χ0) is 41.0. The highest BCUT2D eigenvalue weighted by Gasteiger charge is 2.24. The Balaban J connectivity index is 1.12. The molecule has 290 valence electrons. The van der Waals surface area contributed by atoms with Crippen molar-refractivity contribution in [1.82, 2.24) is 0 Å². The summed E-state index contributed by atoms with van der Waals surface area (Å²) in [6.07, 6.45) is 0. The van der Waals surface area contributed by atoms with Crippen LogP contribution >= 0.6 is 0 Å². The Labute approximate surface area is 360 Å². The summed E-state index contributed by atoms with van der Waals surface area (Å²) in [6, 6.07) is 85.6. The van der Waals surface area contributed by atoms with Gasteiger partial charge in [0, 0.05) is 33.2 Å². The number of rotatable bonds is 7. The van der Waals surface area contributed by atoms with E-state index in [0.717, 1.165) is 66.8 Å². The van der Waals surface area contributed by atoms with Crippen LogP contribution in [0.3, 0.4) is 0 Å². The molecule has 0 radical (unpaired) electrons. The first-order valence-electron chi connectivity index (χ1n) is 21.2. The predicted molar refractivity (Wildman–Crippen MR) is 263 cm³/mol. The lowest BCUT2D eigenvalue weighted by Crippen LogP contribution is -2.13. The molecule has 0 amide bonds. The minimum Gasteiger partial charge on any atom is -0.455 e. The molecule has 12 rings (SSSR count). The van der Waals surface area contributed by atoms with Crippen LogP contribution in [0.25, 0.3) is 98.8 Å². The van der Waals surface area contributed by atoms with Crippen molar-refractivity contribution >= 4 is 71.3 Å². The molecule has 11 aromatic carbocycles. The van der Waals surface area contributed by atoms with Crippen molar-refractivity contribution in [3.05, 3.63) is 237 Å². The van der Waals surface area contributed by atoms with E-state index in [0.29, 0.717) is 0 Å². The second-order valence-corrected chi connectivity index (χ2v) is 16.0. The van der Waals surface area contributed by atoms with Gasteiger partial charge in [-0.1, -0.05) is 194 Å². The average molecular weight is 790 g/mol. The van der Waals surface area contributed by atoms with Gasteiger partial charge in [-0.05, 0) is 103 Å². The van der Waals surface area contributed by atoms with E-state index in [2.05, 4.69) is 235 Å². The fraction of sp³-hybridized carbons (Fsp3) is 0. The Morgan fingerprint density at radius 3 is 1.76 bits per heavy atom. The molecule has 0 atom stereocenters. The maximum absolute atomic E-state index is 6.71. The van der Waals surface area contributed by atoms with Crippen LogP contribution in [0.1, 0.15) is 0 Å². The highest BCUT2D eigenvalue weighted by molar-refractivity contribution is 6.15. The van der Waals surface area contributed by atoms with Gasteiger partial charge < -0.3 is 9.32 Å². The number of benzene rings is 11. The van der Waals surface area contributed by atoms with Crippen molar-refractivity contribution in [2.24, 2.45) is 0 Å². The van der Waals surface area contributed by atoms with E-state index in [1.54, 1.807) is 0 Å². The fourth-order valence-corrected chi connectivity index (χ4v) is 9.47. The quantitative estimate of drug-likeness (QED) is 0.150. The van der Waals surface area contributed by atoms with E-state index in [9.17, 15) is 0 Å². The van der Waals surface area contributed by atoms with E-state index >= 15 is 0 Å². The van der Waals surface area contributed by atoms with E-state index in [1.165, 1.54) is 49.0 Å². The van der Waals surface area contributed by atoms with E-state index < -0.39 is 0 Å². The summed E-state index contributed by atoms with van der Waals surface area (Å²) in [4.78, 5) is 2.45. The number of nitrogens with zero attached hydrogens (tertiary/aromatic N) is 1. The van der Waals surface area contributed by atoms with Crippen LogP contribution in [0.2, 0.25) is 0 Å². The van der Waals surface area contributed by atoms with Crippen LogP contribution < -0.4 is 4.90 Å². The molecule has 2 heteroatoms. The van der Waals surface area contributed by atoms with Crippen molar-refractivity contribution in [2.75, 3.05) is 4.90 Å². The van der Waals surface area contributed by atoms with Crippen LogP contribution in [-0.2, 0) is 0 Å². The molecule has 1 heterocycles. The van der Waals surface area contributed by atoms with E-state index in [-0.39, 0.29) is 0 Å². The summed E-state index contributed by atoms with van der Waals surface area (Å²) in [5.41, 5.74) is 14.1. The van der Waals surface area contributed by atoms with Crippen LogP contribution in [-0.4, -0.2) is 0 Å². The molecule has 0 bridgehead atoms. The van der Waals surface area contributed by atoms with Crippen LogP contribution in [0, 0.1) is 0 Å². The van der Waals surface area contributed by atoms with Crippen molar-refractivity contribution in [3.63, 3.8) is 0 Å². The summed E-state index contributed by atoms with van der Waals surface area (Å²) in [6.45, 7) is 0. The van der Waals surface area contributed by atoms with E-state index in [4.69, 9.17) is 4.42 Å². The third-order valence-electron chi connectivity index (χ3n) is 12.5. The molecule has 0 fully saturated rings. The van der Waals surface area contributed by atoms with Crippen LogP contribution in [0.15, 0.2) is 241 Å². The lowest BCUT2D eigenvalue weighted by atomic mass is 9.91. The zero-order valence-electron chi connectivity index (χ0n) is 33.9. The Morgan fingerprint density at radius 2 is 0.903 bits per heavy atom. The molecule has 0 unspecified atom stereocenters. The molecular formula is C60H39NO. The lowest BCUT2D eigenvalue weighted by Gasteiger charge is -2.30. The fourth-order valence-electron chi connectivity index (χ4n) is 9.47. The van der Waals surface area contributed by atoms with Crippen molar-refractivity contribution in [1.29, 1.82) is 0 Å². The Bertz CT molecular complexity index is 3640. The van der Waals surface area contributed by atoms with Crippen molar-refractivity contribution < 1.29 is 4.42 Å². The highest BCUT2D eigenvalue weighted by Crippen LogP contribution is 2.49. The zero-order valence-corrected chi connectivity index (χ0v) is 33.9. The molecule has 0 aliphatic carbocycles. The van der Waals surface area contributed by atoms with Gasteiger partial charge in [0.05, 0.1) is 11.4 Å². The number of fused-ring (bicyclic) bond motifs is 7. The third kappa shape index (κ3) is 6.04. The molecule has 0 spiro atoms. The van der Waals surface area contributed by atoms with Crippen LogP contribution in [0.4, 0.5) is 17.1 Å². The van der Waals surface area contributed by atoms with Gasteiger partial charge in [-0.25, -0.2) is 0 Å². The van der Waals surface area contributed by atoms with Gasteiger partial charge in [-0.15, -0.1) is 0 Å². The summed E-state index contributed by atoms with van der Waals surface area (Å²) in [7, 11) is 0. The molecule has 0 aliphatic heterocycles. The van der Waals surface area contributed by atoms with Gasteiger partial charge in [0.2, 0.25) is 0 Å². The minimum absolute atomic E-state index is 0.882. The summed E-state index contributed by atoms with van der Waals surface area (Å²) >= 11 is 0. The van der Waals surface area contributed by atoms with Gasteiger partial charge >= 0.3 is 0 Å². The largest absolute Gasteiger partial charge is 0.455 e. The van der Waals surface area contributed by atoms with Crippen molar-refractivity contribution in [2.45, 2.75) is 0 Å². The van der Waals surface area contributed by atoms with Gasteiger partial charge in [-0.2, -0.15) is 0 Å². The molecule has 0 saturated carbocycles. The topological polar surface area (TPSA) is 16.4 Å². The highest BCUT2D eigenvalue weighted by atomic mass is 16.3. The van der Waals surface area contributed by atoms with Gasteiger partial charge in [0.25, 0.3) is 0 Å². The number of anilines is 3. The third-order valence-corrected chi connectivity index (χ3v) is 12.5. The summed E-state index contributed by atoms with van der Waals surface area (Å²) in [5, 5.41) is 9.65. The second-order valence-electron chi connectivity index (χ2n) is 16.0. The second kappa shape index (κ2) is 14.8. The maximum atomic E-state index is 6.71. The first kappa shape index (κ1) is 35.7. The average Bonchev–Trinajstić information content (AvgIpc) is 3.73. The molecule has 0 N–H and O–H groups in total. The monoisotopic (exact) mass is 789 g/mol. The lowest BCUT2D eigenvalue weighted by molar-refractivity contribution is 0.670. The maximum Gasteiger partial charge on any atom is 0.143 e. The molecule has 2 nitrogen and oxygen atoms in total. The predicted octanol–water partition coefficient (Wildman–Crippen LogP) is 17.2. The van der Waals surface area contributed by atoms with Crippen LogP contribution in [0.5, 0.6) is 0 Å². The Kier molecular flexibility index (Phi) is 8.53. The molecule has 0 saturated heterocycles. The molecule has 1 aromatic heterocycles. The van der Waals surface area contributed by atoms with Gasteiger partial charge in [0.15, 0.2) is 0 Å². The molecular weight excluding hydrogens is 751 g/mol.